The van der Waals surface area contributed by atoms with E-state index in [0.29, 0.717) is 22.9 Å². The van der Waals surface area contributed by atoms with Gasteiger partial charge in [-0.3, -0.25) is 9.59 Å². The van der Waals surface area contributed by atoms with E-state index in [4.69, 9.17) is 25.8 Å². The highest BCUT2D eigenvalue weighted by atomic mass is 32.2. The van der Waals surface area contributed by atoms with E-state index >= 15 is 0 Å². The second-order valence-corrected chi connectivity index (χ2v) is 17.4. The smallest absolute Gasteiger partial charge is 0.336 e. The fraction of sp³-hybridized carbons (Fsp3) is 0.341. The van der Waals surface area contributed by atoms with Crippen LogP contribution in [-0.2, 0) is 20.8 Å². The zero-order valence-electron chi connectivity index (χ0n) is 35.0. The number of carbonyl (C=O) groups excluding carboxylic acids is 2. The second kappa shape index (κ2) is 19.5. The Kier molecular flexibility index (Phi) is 13.8. The van der Waals surface area contributed by atoms with Crippen molar-refractivity contribution in [3.63, 3.8) is 0 Å². The van der Waals surface area contributed by atoms with Gasteiger partial charge in [0.05, 0.1) is 37.2 Å². The Balaban J connectivity index is 0.969. The fourth-order valence-electron chi connectivity index (χ4n) is 8.61. The number of hydrazine groups is 1. The number of rotatable bonds is 13. The summed E-state index contributed by atoms with van der Waals surface area (Å²) in [6.45, 7) is -1.71. The molecule has 4 aromatic rings. The Morgan fingerprint density at radius 1 is 0.925 bits per heavy atom. The van der Waals surface area contributed by atoms with Crippen molar-refractivity contribution in [1.29, 1.82) is 0 Å². The number of fused-ring (bicyclic) bond motifs is 2. The quantitative estimate of drug-likeness (QED) is 0.0598. The monoisotopic (exact) mass is 947 g/mol. The van der Waals surface area contributed by atoms with Crippen LogP contribution in [0.2, 0.25) is 0 Å². The number of phenolic OH excluding ortho intramolecular Hbond substituents is 1. The van der Waals surface area contributed by atoms with E-state index < -0.39 is 102 Å². The maximum atomic E-state index is 13.9. The van der Waals surface area contributed by atoms with Crippen LogP contribution in [0, 0.1) is 11.7 Å². The highest BCUT2D eigenvalue weighted by Crippen LogP contribution is 2.49. The summed E-state index contributed by atoms with van der Waals surface area (Å²) in [5.41, 5.74) is 4.44. The number of allylic oxidation sites excluding steroid dienone is 3. The van der Waals surface area contributed by atoms with Gasteiger partial charge in [0.15, 0.2) is 5.78 Å². The van der Waals surface area contributed by atoms with Crippen molar-refractivity contribution in [2.75, 3.05) is 13.2 Å². The molecular weight excluding hydrogens is 902 g/mol. The largest absolute Gasteiger partial charge is 0.508 e. The molecule has 8 rings (SSSR count). The number of hydrogen-bond donors (Lipinski definition) is 11. The second-order valence-electron chi connectivity index (χ2n) is 16.2. The summed E-state index contributed by atoms with van der Waals surface area (Å²) in [6, 6.07) is 11.2. The molecule has 1 aromatic heterocycles. The van der Waals surface area contributed by atoms with Crippen molar-refractivity contribution in [3.8, 4) is 11.5 Å². The molecule has 1 aliphatic carbocycles. The first-order valence-electron chi connectivity index (χ1n) is 20.7. The SMILES string of the molecule is N/C(=C\N(N)C1C(O)C(CO)OC(SC2OC(CO)C(O)C(n3cc(CNC(=O)c4ccc(C5c6ccc(O)cc6OC6=CC(=O)C=CC65)c(C(=O)O)c4)nn3)C2O)C1O)c1cccc(F)c1. The predicted octanol–water partition coefficient (Wildman–Crippen LogP) is -0.432. The van der Waals surface area contributed by atoms with Crippen LogP contribution < -0.4 is 21.6 Å². The number of carbonyl (C=O) groups is 3. The third kappa shape index (κ3) is 9.51. The molecule has 0 bridgehead atoms. The van der Waals surface area contributed by atoms with Gasteiger partial charge in [0.1, 0.15) is 88.3 Å². The number of aromatic carboxylic acids is 1. The maximum Gasteiger partial charge on any atom is 0.336 e. The number of nitrogens with two attached hydrogens (primary N) is 2. The maximum absolute atomic E-state index is 13.9. The molecule has 4 aliphatic rings. The van der Waals surface area contributed by atoms with E-state index in [1.165, 1.54) is 66.9 Å². The topological polar surface area (TPSA) is 339 Å². The Labute approximate surface area is 383 Å². The number of carboxylic acids is 1. The Morgan fingerprint density at radius 3 is 2.36 bits per heavy atom. The Morgan fingerprint density at radius 2 is 1.64 bits per heavy atom. The molecule has 3 aromatic carbocycles. The number of ketones is 1. The molecule has 4 heterocycles. The van der Waals surface area contributed by atoms with E-state index in [0.717, 1.165) is 22.0 Å². The van der Waals surface area contributed by atoms with Crippen LogP contribution in [0.4, 0.5) is 4.39 Å². The van der Waals surface area contributed by atoms with Crippen LogP contribution in [0.15, 0.2) is 97.0 Å². The number of carboxylic acid groups (broad SMARTS) is 1. The van der Waals surface area contributed by atoms with Crippen LogP contribution in [0.3, 0.4) is 0 Å². The van der Waals surface area contributed by atoms with Crippen LogP contribution in [0.25, 0.3) is 5.70 Å². The molecule has 3 aliphatic heterocycles. The number of phenols is 1. The van der Waals surface area contributed by atoms with E-state index in [1.54, 1.807) is 12.1 Å². The van der Waals surface area contributed by atoms with Crippen molar-refractivity contribution in [1.82, 2.24) is 25.3 Å². The van der Waals surface area contributed by atoms with Crippen molar-refractivity contribution in [2.24, 2.45) is 17.5 Å². The summed E-state index contributed by atoms with van der Waals surface area (Å²) in [6.07, 6.45) is -2.32. The third-order valence-electron chi connectivity index (χ3n) is 11.9. The zero-order valence-corrected chi connectivity index (χ0v) is 35.8. The lowest BCUT2D eigenvalue weighted by Gasteiger charge is -2.47. The minimum Gasteiger partial charge on any atom is -0.508 e. The van der Waals surface area contributed by atoms with Crippen LogP contribution in [-0.4, -0.2) is 145 Å². The van der Waals surface area contributed by atoms with Crippen molar-refractivity contribution in [3.05, 3.63) is 136 Å². The molecule has 2 fully saturated rings. The molecule has 13 N–H and O–H groups in total. The zero-order chi connectivity index (χ0) is 47.8. The van der Waals surface area contributed by atoms with Gasteiger partial charge in [-0.1, -0.05) is 47.3 Å². The lowest BCUT2D eigenvalue weighted by molar-refractivity contribution is -0.191. The molecule has 23 heteroatoms. The molecule has 354 valence electrons. The van der Waals surface area contributed by atoms with Gasteiger partial charge in [0.25, 0.3) is 5.91 Å². The molecule has 2 saturated heterocycles. The molecule has 0 radical (unpaired) electrons. The van der Waals surface area contributed by atoms with Crippen LogP contribution >= 0.6 is 11.8 Å². The normalized spacial score (nSPS) is 29.3. The molecule has 12 atom stereocenters. The first-order chi connectivity index (χ1) is 32.1. The molecule has 0 saturated carbocycles. The number of aromatic hydroxyl groups is 1. The van der Waals surface area contributed by atoms with Gasteiger partial charge in [0.2, 0.25) is 0 Å². The van der Waals surface area contributed by atoms with E-state index in [2.05, 4.69) is 15.6 Å². The fourth-order valence-corrected chi connectivity index (χ4v) is 9.94. The summed E-state index contributed by atoms with van der Waals surface area (Å²) in [5, 5.41) is 97.9. The number of aromatic nitrogens is 3. The average molecular weight is 948 g/mol. The highest BCUT2D eigenvalue weighted by Gasteiger charge is 2.52. The lowest BCUT2D eigenvalue weighted by Crippen LogP contribution is -2.65. The van der Waals surface area contributed by atoms with Gasteiger partial charge >= 0.3 is 5.97 Å². The Hall–Kier alpha value is -6.25. The molecule has 0 spiro atoms. The minimum absolute atomic E-state index is 0.0184. The first kappa shape index (κ1) is 47.3. The van der Waals surface area contributed by atoms with Gasteiger partial charge in [0, 0.05) is 46.9 Å². The number of nitrogens with one attached hydrogen (secondary N) is 1. The number of amides is 1. The van der Waals surface area contributed by atoms with Crippen LogP contribution in [0.5, 0.6) is 11.5 Å². The number of nitrogens with zero attached hydrogens (tertiary/aromatic N) is 4. The number of aliphatic hydroxyl groups is 6. The van der Waals surface area contributed by atoms with Gasteiger partial charge in [-0.25, -0.2) is 19.7 Å². The number of ether oxygens (including phenoxy) is 3. The summed E-state index contributed by atoms with van der Waals surface area (Å²) in [4.78, 5) is 38.5. The standard InChI is InChI=1S/C44H46FN7O14S/c45-21-3-1-2-19(10-21)29(46)16-51(47)35-37(57)32(17-53)65-43(39(35)59)67-44-40(60)36(38(58)33(18-54)66-44)52-15-22(49-50-52)14-48-41(61)20-4-7-25(28(11-20)42(62)63)34-26-8-5-23(55)12-30(26)64-31-13-24(56)6-9-27(31)34/h1-13,15-16,26,32-40,43-44,53-54,56-60H,14,17-18,46-47H2,(H,48,61)(H,62,63)/b29-16-. The van der Waals surface area contributed by atoms with Gasteiger partial charge in [-0.05, 0) is 42.0 Å². The minimum atomic E-state index is -1.65. The van der Waals surface area contributed by atoms with Gasteiger partial charge in [-0.2, -0.15) is 0 Å². The Bertz CT molecular complexity index is 2630. The molecule has 67 heavy (non-hydrogen) atoms. The number of benzene rings is 3. The third-order valence-corrected chi connectivity index (χ3v) is 13.2. The van der Waals surface area contributed by atoms with Crippen molar-refractivity contribution in [2.45, 2.75) is 72.0 Å². The predicted molar refractivity (Wildman–Crippen MR) is 231 cm³/mol. The van der Waals surface area contributed by atoms with E-state index in [-0.39, 0.29) is 57.7 Å². The van der Waals surface area contributed by atoms with Gasteiger partial charge in [-0.15, -0.1) is 5.10 Å². The summed E-state index contributed by atoms with van der Waals surface area (Å²) < 4.78 is 32.6. The van der Waals surface area contributed by atoms with E-state index in [9.17, 15) is 59.6 Å². The van der Waals surface area contributed by atoms with Crippen molar-refractivity contribution < 1.29 is 73.8 Å². The number of aliphatic hydroxyl groups excluding tert-OH is 6. The lowest BCUT2D eigenvalue weighted by atomic mass is 9.74. The number of halogens is 1. The number of thioether (sulfide) groups is 1. The van der Waals surface area contributed by atoms with Crippen LogP contribution in [0.1, 0.15) is 55.1 Å². The van der Waals surface area contributed by atoms with Gasteiger partial charge < -0.3 is 71.1 Å². The molecule has 12 unspecified atom stereocenters. The van der Waals surface area contributed by atoms with E-state index in [1.807, 2.05) is 0 Å². The average Bonchev–Trinajstić information content (AvgIpc) is 3.77. The molecule has 21 nitrogen and oxygen atoms in total. The highest BCUT2D eigenvalue weighted by molar-refractivity contribution is 8.00. The summed E-state index contributed by atoms with van der Waals surface area (Å²) in [7, 11) is 0. The molecular formula is C44H46FN7O14S. The summed E-state index contributed by atoms with van der Waals surface area (Å²) in [5.74, 6) is 2.52. The number of hydrogen-bond acceptors (Lipinski definition) is 19. The molecule has 1 amide bonds. The van der Waals surface area contributed by atoms with Crippen molar-refractivity contribution >= 4 is 35.1 Å². The first-order valence-corrected chi connectivity index (χ1v) is 21.7. The summed E-state index contributed by atoms with van der Waals surface area (Å²) >= 11 is 0.702.